The summed E-state index contributed by atoms with van der Waals surface area (Å²) in [5.41, 5.74) is 3.21. The van der Waals surface area contributed by atoms with Crippen LogP contribution in [0.4, 0.5) is 5.69 Å². The first kappa shape index (κ1) is 11.2. The lowest BCUT2D eigenvalue weighted by atomic mass is 10.3. The predicted octanol–water partition coefficient (Wildman–Crippen LogP) is 0.551. The molecule has 0 fully saturated rings. The van der Waals surface area contributed by atoms with E-state index in [9.17, 15) is 8.42 Å². The van der Waals surface area contributed by atoms with Crippen LogP contribution in [0.5, 0.6) is 0 Å². The Morgan fingerprint density at radius 3 is 2.17 bits per heavy atom. The number of nitrogens with one attached hydrogen (secondary N) is 2. The van der Waals surface area contributed by atoms with Gasteiger partial charge in [0.1, 0.15) is 0 Å². The fourth-order valence-corrected chi connectivity index (χ4v) is 0.852. The quantitative estimate of drug-likeness (QED) is 0.502. The maximum Gasteiger partial charge on any atom is 0.218 e. The average molecular weight is 209 g/mol. The lowest BCUT2D eigenvalue weighted by Gasteiger charge is -2.00. The van der Waals surface area contributed by atoms with Crippen LogP contribution < -0.4 is 10.3 Å². The van der Waals surface area contributed by atoms with Gasteiger partial charge < -0.3 is 5.43 Å². The second-order valence-corrected chi connectivity index (χ2v) is 2.60. The second kappa shape index (κ2) is 5.82. The maximum absolute atomic E-state index is 10.0. The summed E-state index contributed by atoms with van der Waals surface area (Å²) in [6.07, 6.45) is 0. The van der Waals surface area contributed by atoms with Gasteiger partial charge in [0, 0.05) is 5.69 Å². The molecular weight excluding hydrogens is 200 g/mol. The van der Waals surface area contributed by atoms with Gasteiger partial charge in [-0.05, 0) is 12.1 Å². The maximum atomic E-state index is 10.0. The van der Waals surface area contributed by atoms with E-state index in [2.05, 4.69) is 10.3 Å². The van der Waals surface area contributed by atoms with Gasteiger partial charge in [-0.15, -0.1) is 17.2 Å². The van der Waals surface area contributed by atoms with E-state index >= 15 is 0 Å². The molecule has 0 aliphatic rings. The Hall–Kier alpha value is -0.780. The topological polar surface area (TPSA) is 58.2 Å². The molecule has 0 heterocycles. The van der Waals surface area contributed by atoms with Crippen LogP contribution in [0.3, 0.4) is 0 Å². The largest absolute Gasteiger partial charge is 0.308 e. The van der Waals surface area contributed by atoms with E-state index in [1.54, 1.807) is 12.1 Å². The molecule has 0 aliphatic heterocycles. The summed E-state index contributed by atoms with van der Waals surface area (Å²) < 4.78 is 20.1. The van der Waals surface area contributed by atoms with Crippen LogP contribution in [-0.2, 0) is 10.9 Å². The van der Waals surface area contributed by atoms with E-state index in [0.717, 1.165) is 0 Å². The van der Waals surface area contributed by atoms with E-state index in [1.165, 1.54) is 0 Å². The molecule has 12 heavy (non-hydrogen) atoms. The van der Waals surface area contributed by atoms with Crippen molar-refractivity contribution in [2.24, 2.45) is 0 Å². The molecule has 0 aromatic heterocycles. The number of halogens is 1. The Morgan fingerprint density at radius 1 is 1.08 bits per heavy atom. The number of hydrogen-bond acceptors (Lipinski definition) is 3. The molecule has 1 rings (SSSR count). The van der Waals surface area contributed by atoms with E-state index in [-0.39, 0.29) is 12.4 Å². The minimum Gasteiger partial charge on any atom is -0.308 e. The molecule has 0 unspecified atom stereocenters. The predicted molar refractivity (Wildman–Crippen MR) is 50.8 cm³/mol. The van der Waals surface area contributed by atoms with Gasteiger partial charge in [-0.25, -0.2) is 8.42 Å². The average Bonchev–Trinajstić information content (AvgIpc) is 2.03. The Bertz CT molecular complexity index is 281. The van der Waals surface area contributed by atoms with Crippen molar-refractivity contribution in [3.8, 4) is 0 Å². The van der Waals surface area contributed by atoms with Crippen molar-refractivity contribution in [2.75, 3.05) is 5.43 Å². The smallest absolute Gasteiger partial charge is 0.218 e. The Kier molecular flexibility index (Phi) is 5.44. The first-order chi connectivity index (χ1) is 5.29. The van der Waals surface area contributed by atoms with Gasteiger partial charge in [-0.3, -0.25) is 0 Å². The summed E-state index contributed by atoms with van der Waals surface area (Å²) in [6, 6.07) is 8.98. The molecule has 0 atom stereocenters. The standard InChI is InChI=1S/C6H8N2O2S.ClH/c9-11(10)8-7-6-4-2-1-3-5-6;/h1-5,7,11H,(H,8,9,10);1H. The van der Waals surface area contributed by atoms with Crippen LogP contribution in [0.15, 0.2) is 30.3 Å². The van der Waals surface area contributed by atoms with E-state index in [1.807, 2.05) is 18.2 Å². The molecule has 0 saturated carbocycles. The molecule has 68 valence electrons. The third-order valence-corrected chi connectivity index (χ3v) is 1.36. The molecule has 0 aliphatic carbocycles. The molecule has 1 aromatic carbocycles. The first-order valence-electron chi connectivity index (χ1n) is 3.00. The highest BCUT2D eigenvalue weighted by Crippen LogP contribution is 2.01. The van der Waals surface area contributed by atoms with Gasteiger partial charge in [0.25, 0.3) is 0 Å². The zero-order chi connectivity index (χ0) is 8.10. The summed E-state index contributed by atoms with van der Waals surface area (Å²) in [7, 11) is -2.59. The minimum absolute atomic E-state index is 0. The molecule has 0 saturated heterocycles. The summed E-state index contributed by atoms with van der Waals surface area (Å²) in [4.78, 5) is 2.07. The fourth-order valence-electron chi connectivity index (χ4n) is 0.632. The fraction of sp³-hybridized carbons (Fsp3) is 0. The zero-order valence-electron chi connectivity index (χ0n) is 6.06. The molecule has 1 aromatic rings. The lowest BCUT2D eigenvalue weighted by molar-refractivity contribution is 0.607. The number of thiol groups is 1. The van der Waals surface area contributed by atoms with E-state index < -0.39 is 10.9 Å². The number of para-hydroxylation sites is 1. The van der Waals surface area contributed by atoms with Gasteiger partial charge in [0.15, 0.2) is 0 Å². The van der Waals surface area contributed by atoms with Gasteiger partial charge in [0.05, 0.1) is 0 Å². The monoisotopic (exact) mass is 208 g/mol. The van der Waals surface area contributed by atoms with Crippen LogP contribution in [-0.4, -0.2) is 8.42 Å². The molecule has 6 heteroatoms. The lowest BCUT2D eigenvalue weighted by Crippen LogP contribution is -2.18. The van der Waals surface area contributed by atoms with E-state index in [4.69, 9.17) is 0 Å². The molecule has 4 nitrogen and oxygen atoms in total. The van der Waals surface area contributed by atoms with Crippen molar-refractivity contribution in [3.63, 3.8) is 0 Å². The van der Waals surface area contributed by atoms with E-state index in [0.29, 0.717) is 5.69 Å². The minimum atomic E-state index is -2.59. The summed E-state index contributed by atoms with van der Waals surface area (Å²) in [5.74, 6) is 0. The third-order valence-electron chi connectivity index (χ3n) is 1.07. The molecule has 0 bridgehead atoms. The highest BCUT2D eigenvalue weighted by Gasteiger charge is 1.85. The zero-order valence-corrected chi connectivity index (χ0v) is 7.77. The van der Waals surface area contributed by atoms with Crippen molar-refractivity contribution < 1.29 is 8.42 Å². The third kappa shape index (κ3) is 4.17. The summed E-state index contributed by atoms with van der Waals surface area (Å²) in [5, 5.41) is 0. The highest BCUT2D eigenvalue weighted by molar-refractivity contribution is 7.70. The summed E-state index contributed by atoms with van der Waals surface area (Å²) in [6.45, 7) is 0. The number of rotatable bonds is 3. The van der Waals surface area contributed by atoms with Crippen molar-refractivity contribution in [3.05, 3.63) is 30.3 Å². The molecular formula is C6H9ClN2O2S. The van der Waals surface area contributed by atoms with Gasteiger partial charge in [0.2, 0.25) is 10.9 Å². The normalized spacial score (nSPS) is 9.08. The van der Waals surface area contributed by atoms with Gasteiger partial charge >= 0.3 is 0 Å². The molecule has 2 N–H and O–H groups in total. The summed E-state index contributed by atoms with van der Waals surface area (Å²) >= 11 is 0. The Labute approximate surface area is 78.4 Å². The van der Waals surface area contributed by atoms with Crippen LogP contribution >= 0.6 is 12.4 Å². The Morgan fingerprint density at radius 2 is 1.67 bits per heavy atom. The second-order valence-electron chi connectivity index (χ2n) is 1.86. The number of anilines is 1. The van der Waals surface area contributed by atoms with Crippen molar-refractivity contribution in [2.45, 2.75) is 0 Å². The van der Waals surface area contributed by atoms with Crippen molar-refractivity contribution >= 4 is 29.0 Å². The van der Waals surface area contributed by atoms with Crippen LogP contribution in [0.25, 0.3) is 0 Å². The van der Waals surface area contributed by atoms with Crippen LogP contribution in [0, 0.1) is 0 Å². The number of hydrazine groups is 1. The van der Waals surface area contributed by atoms with Gasteiger partial charge in [-0.1, -0.05) is 18.2 Å². The molecule has 0 spiro atoms. The van der Waals surface area contributed by atoms with Crippen LogP contribution in [0.2, 0.25) is 0 Å². The van der Waals surface area contributed by atoms with Crippen molar-refractivity contribution in [1.82, 2.24) is 4.83 Å². The Balaban J connectivity index is 0.00000121. The highest BCUT2D eigenvalue weighted by atomic mass is 35.5. The molecule has 0 amide bonds. The number of benzene rings is 1. The SMILES string of the molecule is Cl.O=[SH](=O)NNc1ccccc1. The molecule has 0 radical (unpaired) electrons. The van der Waals surface area contributed by atoms with Crippen molar-refractivity contribution in [1.29, 1.82) is 0 Å². The number of hydrogen-bond donors (Lipinski definition) is 3. The first-order valence-corrected chi connectivity index (χ1v) is 4.18. The van der Waals surface area contributed by atoms with Crippen LogP contribution in [0.1, 0.15) is 0 Å². The van der Waals surface area contributed by atoms with Gasteiger partial charge in [-0.2, -0.15) is 0 Å².